The van der Waals surface area contributed by atoms with Crippen molar-refractivity contribution in [2.45, 2.75) is 45.1 Å². The van der Waals surface area contributed by atoms with E-state index >= 15 is 0 Å². The molecule has 0 bridgehead atoms. The number of terminal acetylenes is 1. The van der Waals surface area contributed by atoms with E-state index in [-0.39, 0.29) is 26.2 Å². The Bertz CT molecular complexity index is 1610. The molecule has 0 heterocycles. The van der Waals surface area contributed by atoms with Crippen molar-refractivity contribution in [3.8, 4) is 12.5 Å². The number of hydrogen-bond acceptors (Lipinski definition) is 11. The number of carbonyl (C=O) groups is 1. The van der Waals surface area contributed by atoms with Gasteiger partial charge in [-0.2, -0.15) is 0 Å². The average molecular weight is 699 g/mol. The summed E-state index contributed by atoms with van der Waals surface area (Å²) in [5.41, 5.74) is 4.15. The fourth-order valence-electron chi connectivity index (χ4n) is 4.48. The topological polar surface area (TPSA) is 133 Å². The van der Waals surface area contributed by atoms with Crippen molar-refractivity contribution in [3.63, 3.8) is 0 Å². The largest absolute Gasteiger partial charge is 0.538 e. The second-order valence-electron chi connectivity index (χ2n) is 9.61. The number of halogens is 1. The van der Waals surface area contributed by atoms with Gasteiger partial charge in [0.1, 0.15) is 24.6 Å². The van der Waals surface area contributed by atoms with Gasteiger partial charge in [0.05, 0.1) is 32.8 Å². The summed E-state index contributed by atoms with van der Waals surface area (Å²) in [6, 6.07) is 11.5. The van der Waals surface area contributed by atoms with Gasteiger partial charge in [0.15, 0.2) is 0 Å². The van der Waals surface area contributed by atoms with Crippen molar-refractivity contribution in [1.29, 1.82) is 0 Å². The van der Waals surface area contributed by atoms with Crippen LogP contribution in [0.3, 0.4) is 0 Å². The highest BCUT2D eigenvalue weighted by Gasteiger charge is 2.35. The molecule has 1 aliphatic carbocycles. The van der Waals surface area contributed by atoms with Crippen LogP contribution in [0.15, 0.2) is 52.9 Å². The second-order valence-corrected chi connectivity index (χ2v) is 14.2. The van der Waals surface area contributed by atoms with Crippen LogP contribution in [-0.4, -0.2) is 55.6 Å². The normalized spacial score (nSPS) is 16.4. The van der Waals surface area contributed by atoms with Crippen molar-refractivity contribution in [3.05, 3.63) is 70.5 Å². The molecule has 0 saturated carbocycles. The molecule has 0 radical (unpaired) electrons. The number of esters is 1. The van der Waals surface area contributed by atoms with Crippen LogP contribution in [0.5, 0.6) is 0 Å². The molecule has 46 heavy (non-hydrogen) atoms. The fraction of sp³-hybridized carbons (Fsp3) is 0.387. The van der Waals surface area contributed by atoms with Gasteiger partial charge in [-0.15, -0.1) is 0 Å². The number of phosphoric acid groups is 2. The van der Waals surface area contributed by atoms with Crippen LogP contribution in [0.4, 0.5) is 4.39 Å². The lowest BCUT2D eigenvalue weighted by Crippen LogP contribution is -2.27. The monoisotopic (exact) mass is 698 g/mol. The Morgan fingerprint density at radius 3 is 2.17 bits per heavy atom. The van der Waals surface area contributed by atoms with E-state index < -0.39 is 57.5 Å². The molecule has 0 amide bonds. The van der Waals surface area contributed by atoms with Crippen molar-refractivity contribution >= 4 is 49.6 Å². The SMILES string of the molecule is C#COP(=O)(OCC)OCC(COC(=O)CC1=C(C)C(=Cc2ccc(S(C)=O)cc2)c2ccc(F)cc21)OP(=O)(OCC)OCC. The number of benzene rings is 2. The third-order valence-electron chi connectivity index (χ3n) is 6.45. The Labute approximate surface area is 271 Å². The Morgan fingerprint density at radius 1 is 0.957 bits per heavy atom. The number of carbonyl (C=O) groups excluding carboxylic acids is 1. The zero-order valence-electron chi connectivity index (χ0n) is 26.2. The first-order valence-electron chi connectivity index (χ1n) is 14.3. The number of ether oxygens (including phenoxy) is 1. The predicted molar refractivity (Wildman–Crippen MR) is 172 cm³/mol. The second kappa shape index (κ2) is 17.3. The standard InChI is InChI=1S/C31H37FO11P2S/c1-7-38-44(34,39-8-2)42-21-25(43-45(35,40-9-3)41-10-4)20-37-31(33)19-29-22(5)28(27-16-13-24(32)18-30(27)29)17-23-11-14-26(15-12-23)46(6)36/h1,11-18,25H,8-10,19-21H2,2-6H3. The van der Waals surface area contributed by atoms with Gasteiger partial charge in [-0.05, 0) is 91.4 Å². The van der Waals surface area contributed by atoms with Crippen LogP contribution in [0, 0.1) is 18.3 Å². The lowest BCUT2D eigenvalue weighted by atomic mass is 10.0. The molecule has 0 fully saturated rings. The molecule has 0 N–H and O–H groups in total. The predicted octanol–water partition coefficient (Wildman–Crippen LogP) is 7.16. The van der Waals surface area contributed by atoms with E-state index in [2.05, 4.69) is 4.52 Å². The number of fused-ring (bicyclic) bond motifs is 1. The van der Waals surface area contributed by atoms with Crippen molar-refractivity contribution < 1.29 is 54.4 Å². The van der Waals surface area contributed by atoms with E-state index in [1.54, 1.807) is 51.3 Å². The molecule has 2 aromatic carbocycles. The molecule has 3 atom stereocenters. The summed E-state index contributed by atoms with van der Waals surface area (Å²) in [6.45, 7) is 5.28. The Balaban J connectivity index is 1.84. The maximum absolute atomic E-state index is 14.4. The lowest BCUT2D eigenvalue weighted by molar-refractivity contribution is -0.145. The maximum atomic E-state index is 14.4. The van der Waals surface area contributed by atoms with E-state index in [9.17, 15) is 22.5 Å². The quantitative estimate of drug-likeness (QED) is 0.0892. The molecule has 0 aromatic heterocycles. The summed E-state index contributed by atoms with van der Waals surface area (Å²) in [7, 11) is -9.50. The van der Waals surface area contributed by atoms with E-state index in [1.807, 2.05) is 25.1 Å². The van der Waals surface area contributed by atoms with Gasteiger partial charge in [0.2, 0.25) is 0 Å². The zero-order chi connectivity index (χ0) is 33.9. The number of hydrogen-bond donors (Lipinski definition) is 0. The smallest absolute Gasteiger partial charge is 0.463 e. The minimum absolute atomic E-state index is 0.0240. The molecule has 3 unspecified atom stereocenters. The van der Waals surface area contributed by atoms with Gasteiger partial charge in [-0.25, -0.2) is 13.5 Å². The zero-order valence-corrected chi connectivity index (χ0v) is 28.8. The third kappa shape index (κ3) is 10.3. The fourth-order valence-corrected chi connectivity index (χ4v) is 7.29. The van der Waals surface area contributed by atoms with Crippen molar-refractivity contribution in [2.75, 3.05) is 39.3 Å². The van der Waals surface area contributed by atoms with Crippen molar-refractivity contribution in [2.24, 2.45) is 0 Å². The minimum atomic E-state index is -4.23. The highest BCUT2D eigenvalue weighted by molar-refractivity contribution is 7.84. The Morgan fingerprint density at radius 2 is 1.59 bits per heavy atom. The van der Waals surface area contributed by atoms with Crippen LogP contribution >= 0.6 is 15.6 Å². The average Bonchev–Trinajstić information content (AvgIpc) is 3.24. The van der Waals surface area contributed by atoms with E-state index in [0.29, 0.717) is 16.0 Å². The van der Waals surface area contributed by atoms with Crippen LogP contribution in [-0.2, 0) is 56.6 Å². The van der Waals surface area contributed by atoms with Crippen LogP contribution in [0.25, 0.3) is 17.2 Å². The Hall–Kier alpha value is -2.91. The number of rotatable bonds is 18. The van der Waals surface area contributed by atoms with Gasteiger partial charge >= 0.3 is 21.6 Å². The molecule has 15 heteroatoms. The van der Waals surface area contributed by atoms with E-state index in [0.717, 1.165) is 22.3 Å². The van der Waals surface area contributed by atoms with Gasteiger partial charge in [-0.3, -0.25) is 31.6 Å². The molecular weight excluding hydrogens is 661 g/mol. The highest BCUT2D eigenvalue weighted by atomic mass is 32.2. The molecule has 0 spiro atoms. The number of allylic oxidation sites excluding steroid dienone is 2. The first-order chi connectivity index (χ1) is 21.9. The first-order valence-corrected chi connectivity index (χ1v) is 18.8. The van der Waals surface area contributed by atoms with Gasteiger partial charge < -0.3 is 9.26 Å². The van der Waals surface area contributed by atoms with Crippen LogP contribution in [0.1, 0.15) is 50.8 Å². The van der Waals surface area contributed by atoms with Gasteiger partial charge in [-0.1, -0.05) is 24.6 Å². The highest BCUT2D eigenvalue weighted by Crippen LogP contribution is 2.53. The van der Waals surface area contributed by atoms with Crippen molar-refractivity contribution in [1.82, 2.24) is 0 Å². The summed E-state index contributed by atoms with van der Waals surface area (Å²) in [6.07, 6.45) is 8.79. The maximum Gasteiger partial charge on any atom is 0.538 e. The first kappa shape index (κ1) is 37.5. The van der Waals surface area contributed by atoms with E-state index in [1.165, 1.54) is 12.1 Å². The minimum Gasteiger partial charge on any atom is -0.463 e. The molecule has 2 aromatic rings. The molecule has 250 valence electrons. The van der Waals surface area contributed by atoms with Gasteiger partial charge in [0, 0.05) is 22.0 Å². The van der Waals surface area contributed by atoms with Crippen LogP contribution < -0.4 is 0 Å². The summed E-state index contributed by atoms with van der Waals surface area (Å²) in [5, 5.41) is 0. The third-order valence-corrected chi connectivity index (χ3v) is 10.5. The summed E-state index contributed by atoms with van der Waals surface area (Å²) in [4.78, 5) is 13.9. The molecule has 0 saturated heterocycles. The summed E-state index contributed by atoms with van der Waals surface area (Å²) in [5.74, 6) is -1.20. The molecule has 3 rings (SSSR count). The molecule has 0 aliphatic heterocycles. The summed E-state index contributed by atoms with van der Waals surface area (Å²) < 4.78 is 88.2. The lowest BCUT2D eigenvalue weighted by Gasteiger charge is -2.24. The van der Waals surface area contributed by atoms with E-state index in [4.69, 9.17) is 33.8 Å². The summed E-state index contributed by atoms with van der Waals surface area (Å²) >= 11 is 0. The molecule has 11 nitrogen and oxygen atoms in total. The molecular formula is C31H37FO11P2S. The number of phosphoric ester groups is 2. The molecule has 1 aliphatic rings. The van der Waals surface area contributed by atoms with Crippen LogP contribution in [0.2, 0.25) is 0 Å². The van der Waals surface area contributed by atoms with Gasteiger partial charge in [0.25, 0.3) is 0 Å². The Kier molecular flexibility index (Phi) is 14.1.